The lowest BCUT2D eigenvalue weighted by Gasteiger charge is -2.18. The van der Waals surface area contributed by atoms with Gasteiger partial charge in [-0.2, -0.15) is 0 Å². The number of hydrogen-bond acceptors (Lipinski definition) is 6. The van der Waals surface area contributed by atoms with E-state index in [1.807, 2.05) is 23.6 Å². The van der Waals surface area contributed by atoms with Gasteiger partial charge in [0.15, 0.2) is 17.1 Å². The van der Waals surface area contributed by atoms with Gasteiger partial charge in [-0.25, -0.2) is 0 Å². The highest BCUT2D eigenvalue weighted by Crippen LogP contribution is 2.27. The molecule has 0 saturated carbocycles. The molecule has 2 aromatic carbocycles. The SMILES string of the molecule is CC(=O)Nc1ccc(NC(=O)CSc2nnc(C(C)Oc3ccc(C(C)C)cc3)n2CC(C)C)cc1. The van der Waals surface area contributed by atoms with Gasteiger partial charge in [-0.15, -0.1) is 10.2 Å². The van der Waals surface area contributed by atoms with E-state index in [9.17, 15) is 9.59 Å². The third kappa shape index (κ3) is 7.84. The van der Waals surface area contributed by atoms with Crippen LogP contribution in [0, 0.1) is 5.92 Å². The minimum absolute atomic E-state index is 0.142. The van der Waals surface area contributed by atoms with Crippen LogP contribution in [0.25, 0.3) is 0 Å². The third-order valence-corrected chi connectivity index (χ3v) is 6.30. The van der Waals surface area contributed by atoms with Gasteiger partial charge < -0.3 is 19.9 Å². The summed E-state index contributed by atoms with van der Waals surface area (Å²) >= 11 is 1.34. The summed E-state index contributed by atoms with van der Waals surface area (Å²) in [5, 5.41) is 15.0. The largest absolute Gasteiger partial charge is 0.483 e. The zero-order chi connectivity index (χ0) is 26.2. The van der Waals surface area contributed by atoms with Crippen molar-refractivity contribution in [1.29, 1.82) is 0 Å². The Bertz CT molecular complexity index is 1160. The zero-order valence-electron chi connectivity index (χ0n) is 21.7. The van der Waals surface area contributed by atoms with E-state index < -0.39 is 0 Å². The smallest absolute Gasteiger partial charge is 0.234 e. The highest BCUT2D eigenvalue weighted by molar-refractivity contribution is 7.99. The van der Waals surface area contributed by atoms with Crippen LogP contribution in [-0.4, -0.2) is 32.3 Å². The predicted octanol–water partition coefficient (Wildman–Crippen LogP) is 5.89. The highest BCUT2D eigenvalue weighted by atomic mass is 32.2. The highest BCUT2D eigenvalue weighted by Gasteiger charge is 2.21. The van der Waals surface area contributed by atoms with E-state index in [-0.39, 0.29) is 23.7 Å². The Morgan fingerprint density at radius 1 is 0.917 bits per heavy atom. The molecule has 0 radical (unpaired) electrons. The average Bonchev–Trinajstić information content (AvgIpc) is 3.21. The summed E-state index contributed by atoms with van der Waals surface area (Å²) in [5.74, 6) is 2.24. The molecule has 3 aromatic rings. The number of hydrogen-bond donors (Lipinski definition) is 2. The number of ether oxygens (including phenoxy) is 1. The number of amides is 2. The number of carbonyl (C=O) groups is 2. The van der Waals surface area contributed by atoms with E-state index in [0.717, 1.165) is 18.1 Å². The normalized spacial score (nSPS) is 12.0. The quantitative estimate of drug-likeness (QED) is 0.313. The maximum absolute atomic E-state index is 12.6. The molecule has 3 rings (SSSR count). The van der Waals surface area contributed by atoms with Crippen LogP contribution in [0.2, 0.25) is 0 Å². The molecule has 0 fully saturated rings. The van der Waals surface area contributed by atoms with E-state index in [1.165, 1.54) is 24.2 Å². The van der Waals surface area contributed by atoms with Crippen LogP contribution in [0.5, 0.6) is 5.75 Å². The molecule has 0 bridgehead atoms. The molecule has 0 aliphatic heterocycles. The fourth-order valence-electron chi connectivity index (χ4n) is 3.60. The Balaban J connectivity index is 1.64. The predicted molar refractivity (Wildman–Crippen MR) is 145 cm³/mol. The average molecular weight is 510 g/mol. The standard InChI is InChI=1S/C27H35N5O3S/c1-17(2)15-32-26(19(5)35-24-13-7-21(8-14-24)18(3)4)30-31-27(32)36-16-25(34)29-23-11-9-22(10-12-23)28-20(6)33/h7-14,17-19H,15-16H2,1-6H3,(H,28,33)(H,29,34). The molecule has 1 unspecified atom stereocenters. The molecule has 1 heterocycles. The molecule has 2 N–H and O–H groups in total. The molecule has 1 atom stereocenters. The van der Waals surface area contributed by atoms with Gasteiger partial charge >= 0.3 is 0 Å². The first-order valence-electron chi connectivity index (χ1n) is 12.1. The second-order valence-electron chi connectivity index (χ2n) is 9.42. The van der Waals surface area contributed by atoms with Gasteiger partial charge in [-0.05, 0) is 60.7 Å². The summed E-state index contributed by atoms with van der Waals surface area (Å²) < 4.78 is 8.21. The van der Waals surface area contributed by atoms with Gasteiger partial charge in [0.05, 0.1) is 5.75 Å². The van der Waals surface area contributed by atoms with Crippen molar-refractivity contribution in [3.05, 3.63) is 59.9 Å². The van der Waals surface area contributed by atoms with Crippen molar-refractivity contribution in [2.75, 3.05) is 16.4 Å². The number of nitrogens with zero attached hydrogens (tertiary/aromatic N) is 3. The lowest BCUT2D eigenvalue weighted by atomic mass is 10.0. The van der Waals surface area contributed by atoms with Gasteiger partial charge in [0, 0.05) is 24.8 Å². The van der Waals surface area contributed by atoms with Crippen LogP contribution in [0.4, 0.5) is 11.4 Å². The molecule has 9 heteroatoms. The minimum atomic E-state index is -0.300. The summed E-state index contributed by atoms with van der Waals surface area (Å²) in [6.45, 7) is 12.7. The Kier molecular flexibility index (Phi) is 9.52. The van der Waals surface area contributed by atoms with Crippen LogP contribution < -0.4 is 15.4 Å². The van der Waals surface area contributed by atoms with Gasteiger partial charge in [-0.1, -0.05) is 51.6 Å². The monoisotopic (exact) mass is 509 g/mol. The van der Waals surface area contributed by atoms with Crippen molar-refractivity contribution in [2.45, 2.75) is 65.3 Å². The van der Waals surface area contributed by atoms with Crippen molar-refractivity contribution in [3.8, 4) is 5.75 Å². The zero-order valence-corrected chi connectivity index (χ0v) is 22.6. The molecule has 1 aromatic heterocycles. The molecule has 8 nitrogen and oxygen atoms in total. The molecular weight excluding hydrogens is 474 g/mol. The van der Waals surface area contributed by atoms with E-state index in [0.29, 0.717) is 28.4 Å². The van der Waals surface area contributed by atoms with Crippen molar-refractivity contribution >= 4 is 35.0 Å². The summed E-state index contributed by atoms with van der Waals surface area (Å²) in [5.41, 5.74) is 2.60. The minimum Gasteiger partial charge on any atom is -0.483 e. The molecule has 0 saturated heterocycles. The van der Waals surface area contributed by atoms with E-state index >= 15 is 0 Å². The Morgan fingerprint density at radius 2 is 1.53 bits per heavy atom. The summed E-state index contributed by atoms with van der Waals surface area (Å²) in [6.07, 6.45) is -0.300. The Hall–Kier alpha value is -3.33. The molecule has 0 spiro atoms. The molecule has 192 valence electrons. The number of aromatic nitrogens is 3. The second kappa shape index (κ2) is 12.6. The van der Waals surface area contributed by atoms with Crippen molar-refractivity contribution in [2.24, 2.45) is 5.92 Å². The lowest BCUT2D eigenvalue weighted by Crippen LogP contribution is -2.17. The maximum atomic E-state index is 12.6. The van der Waals surface area contributed by atoms with Gasteiger partial charge in [0.25, 0.3) is 0 Å². The molecular formula is C27H35N5O3S. The summed E-state index contributed by atoms with van der Waals surface area (Å²) in [7, 11) is 0. The van der Waals surface area contributed by atoms with Crippen molar-refractivity contribution in [3.63, 3.8) is 0 Å². The first kappa shape index (κ1) is 27.3. The van der Waals surface area contributed by atoms with Crippen LogP contribution in [0.15, 0.2) is 53.7 Å². The number of carbonyl (C=O) groups excluding carboxylic acids is 2. The van der Waals surface area contributed by atoms with Crippen LogP contribution in [0.1, 0.15) is 65.0 Å². The number of rotatable bonds is 11. The fourth-order valence-corrected chi connectivity index (χ4v) is 4.35. The molecule has 0 aliphatic carbocycles. The molecule has 36 heavy (non-hydrogen) atoms. The number of anilines is 2. The molecule has 0 aliphatic rings. The number of benzene rings is 2. The first-order chi connectivity index (χ1) is 17.1. The van der Waals surface area contributed by atoms with Crippen LogP contribution in [-0.2, 0) is 16.1 Å². The van der Waals surface area contributed by atoms with Crippen molar-refractivity contribution < 1.29 is 14.3 Å². The van der Waals surface area contributed by atoms with Gasteiger partial charge in [-0.3, -0.25) is 9.59 Å². The fraction of sp³-hybridized carbons (Fsp3) is 0.407. The van der Waals surface area contributed by atoms with Crippen LogP contribution >= 0.6 is 11.8 Å². The number of thioether (sulfide) groups is 1. The molecule has 2 amide bonds. The van der Waals surface area contributed by atoms with E-state index in [1.54, 1.807) is 24.3 Å². The van der Waals surface area contributed by atoms with E-state index in [4.69, 9.17) is 4.74 Å². The van der Waals surface area contributed by atoms with Crippen LogP contribution in [0.3, 0.4) is 0 Å². The van der Waals surface area contributed by atoms with Crippen molar-refractivity contribution in [1.82, 2.24) is 14.8 Å². The maximum Gasteiger partial charge on any atom is 0.234 e. The second-order valence-corrected chi connectivity index (χ2v) is 10.4. The number of nitrogens with one attached hydrogen (secondary N) is 2. The first-order valence-corrected chi connectivity index (χ1v) is 13.1. The van der Waals surface area contributed by atoms with Gasteiger partial charge in [0.2, 0.25) is 11.8 Å². The lowest BCUT2D eigenvalue weighted by molar-refractivity contribution is -0.114. The Labute approximate surface area is 217 Å². The third-order valence-electron chi connectivity index (χ3n) is 5.34. The van der Waals surface area contributed by atoms with E-state index in [2.05, 4.69) is 60.7 Å². The van der Waals surface area contributed by atoms with Gasteiger partial charge in [0.1, 0.15) is 5.75 Å². The topological polar surface area (TPSA) is 98.1 Å². The Morgan fingerprint density at radius 3 is 2.08 bits per heavy atom. The summed E-state index contributed by atoms with van der Waals surface area (Å²) in [4.78, 5) is 23.7. The summed E-state index contributed by atoms with van der Waals surface area (Å²) in [6, 6.07) is 15.1.